The Balaban J connectivity index is 1.03. The van der Waals surface area contributed by atoms with Crippen LogP contribution in [0.1, 0.15) is 0 Å². The number of nitrogens with zero attached hydrogens (tertiary/aromatic N) is 3. The van der Waals surface area contributed by atoms with Crippen molar-refractivity contribution in [2.45, 2.75) is 0 Å². The van der Waals surface area contributed by atoms with Gasteiger partial charge in [0.25, 0.3) is 0 Å². The molecule has 0 aliphatic heterocycles. The molecule has 52 heavy (non-hydrogen) atoms. The standard InChI is InChI=1S/C46H25N3O3/c1-4-16-36-34(13-1)41-37(21-20-33-31-12-3-6-18-39(31)51-45(33)41)49(36)28-19-22-40-35(24-28)43-46(52-40)42(47-25-48-43)27-10-7-9-26(23-27)29-14-8-15-32-30-11-2-5-17-38(30)50-44(29)32/h1-25H. The summed E-state index contributed by atoms with van der Waals surface area (Å²) in [5.74, 6) is 0. The molecule has 5 heterocycles. The first-order chi connectivity index (χ1) is 25.8. The van der Waals surface area contributed by atoms with Crippen LogP contribution in [0.25, 0.3) is 116 Å². The van der Waals surface area contributed by atoms with E-state index in [4.69, 9.17) is 23.2 Å². The predicted octanol–water partition coefficient (Wildman–Crippen LogP) is 12.6. The highest BCUT2D eigenvalue weighted by molar-refractivity contribution is 6.24. The van der Waals surface area contributed by atoms with Crippen LogP contribution in [0.2, 0.25) is 0 Å². The Hall–Kier alpha value is -7.18. The molecular formula is C46H25N3O3. The van der Waals surface area contributed by atoms with Crippen LogP contribution in [0.15, 0.2) is 165 Å². The molecule has 0 bridgehead atoms. The van der Waals surface area contributed by atoms with Crippen molar-refractivity contribution in [3.05, 3.63) is 152 Å². The summed E-state index contributed by atoms with van der Waals surface area (Å²) in [6.07, 6.45) is 1.63. The number of furan rings is 3. The zero-order chi connectivity index (χ0) is 33.9. The van der Waals surface area contributed by atoms with Gasteiger partial charge in [0.15, 0.2) is 5.58 Å². The molecule has 7 aromatic carbocycles. The summed E-state index contributed by atoms with van der Waals surface area (Å²) in [4.78, 5) is 9.53. The van der Waals surface area contributed by atoms with Crippen molar-refractivity contribution in [1.82, 2.24) is 14.5 Å². The zero-order valence-corrected chi connectivity index (χ0v) is 27.5. The van der Waals surface area contributed by atoms with E-state index in [0.29, 0.717) is 5.58 Å². The molecule has 12 aromatic rings. The molecule has 0 unspecified atom stereocenters. The lowest BCUT2D eigenvalue weighted by Crippen LogP contribution is -1.93. The Morgan fingerprint density at radius 1 is 0.423 bits per heavy atom. The highest BCUT2D eigenvalue weighted by atomic mass is 16.3. The van der Waals surface area contributed by atoms with Gasteiger partial charge in [0.1, 0.15) is 45.5 Å². The van der Waals surface area contributed by atoms with Gasteiger partial charge >= 0.3 is 0 Å². The van der Waals surface area contributed by atoms with Crippen LogP contribution in [-0.2, 0) is 0 Å². The third kappa shape index (κ3) is 3.72. The Kier molecular flexibility index (Phi) is 5.41. The molecule has 0 saturated carbocycles. The monoisotopic (exact) mass is 667 g/mol. The molecule has 5 aromatic heterocycles. The molecule has 0 saturated heterocycles. The molecule has 6 nitrogen and oxygen atoms in total. The molecule has 0 amide bonds. The minimum atomic E-state index is 0.653. The Morgan fingerprint density at radius 2 is 1.10 bits per heavy atom. The fourth-order valence-corrected chi connectivity index (χ4v) is 8.23. The minimum Gasteiger partial charge on any atom is -0.455 e. The van der Waals surface area contributed by atoms with Crippen molar-refractivity contribution in [3.63, 3.8) is 0 Å². The summed E-state index contributed by atoms with van der Waals surface area (Å²) in [6, 6.07) is 50.3. The molecule has 0 aliphatic rings. The topological polar surface area (TPSA) is 70.1 Å². The Morgan fingerprint density at radius 3 is 1.96 bits per heavy atom. The summed E-state index contributed by atoms with van der Waals surface area (Å²) in [6.45, 7) is 0. The first-order valence-corrected chi connectivity index (χ1v) is 17.3. The van der Waals surface area contributed by atoms with Crippen molar-refractivity contribution in [1.29, 1.82) is 0 Å². The van der Waals surface area contributed by atoms with Gasteiger partial charge in [-0.1, -0.05) is 91.0 Å². The molecule has 0 N–H and O–H groups in total. The van der Waals surface area contributed by atoms with Crippen molar-refractivity contribution in [3.8, 4) is 28.1 Å². The number of fused-ring (bicyclic) bond motifs is 13. The van der Waals surface area contributed by atoms with Gasteiger partial charge in [-0.25, -0.2) is 9.97 Å². The maximum atomic E-state index is 6.56. The van der Waals surface area contributed by atoms with E-state index in [1.165, 1.54) is 0 Å². The van der Waals surface area contributed by atoms with Crippen LogP contribution < -0.4 is 0 Å². The highest BCUT2D eigenvalue weighted by Crippen LogP contribution is 2.42. The number of para-hydroxylation sites is 4. The average molecular weight is 668 g/mol. The van der Waals surface area contributed by atoms with Crippen molar-refractivity contribution in [2.75, 3.05) is 0 Å². The maximum Gasteiger partial charge on any atom is 0.180 e. The van der Waals surface area contributed by atoms with Crippen molar-refractivity contribution < 1.29 is 13.3 Å². The third-order valence-electron chi connectivity index (χ3n) is 10.5. The lowest BCUT2D eigenvalue weighted by molar-refractivity contribution is 0.667. The molecular weight excluding hydrogens is 643 g/mol. The molecule has 0 fully saturated rings. The number of aromatic nitrogens is 3. The summed E-state index contributed by atoms with van der Waals surface area (Å²) >= 11 is 0. The number of hydrogen-bond acceptors (Lipinski definition) is 5. The second-order valence-electron chi connectivity index (χ2n) is 13.3. The first-order valence-electron chi connectivity index (χ1n) is 17.3. The maximum absolute atomic E-state index is 6.56. The second-order valence-corrected chi connectivity index (χ2v) is 13.3. The molecule has 242 valence electrons. The molecule has 0 spiro atoms. The van der Waals surface area contributed by atoms with Crippen LogP contribution in [0.4, 0.5) is 0 Å². The summed E-state index contributed by atoms with van der Waals surface area (Å²) < 4.78 is 21.8. The Bertz CT molecular complexity index is 3430. The predicted molar refractivity (Wildman–Crippen MR) is 209 cm³/mol. The van der Waals surface area contributed by atoms with E-state index < -0.39 is 0 Å². The van der Waals surface area contributed by atoms with Gasteiger partial charge in [-0.3, -0.25) is 0 Å². The number of hydrogen-bond donors (Lipinski definition) is 0. The zero-order valence-electron chi connectivity index (χ0n) is 27.5. The van der Waals surface area contributed by atoms with Gasteiger partial charge in [0, 0.05) is 49.1 Å². The lowest BCUT2D eigenvalue weighted by Gasteiger charge is -2.08. The average Bonchev–Trinajstić information content (AvgIpc) is 3.96. The van der Waals surface area contributed by atoms with Crippen LogP contribution in [-0.4, -0.2) is 14.5 Å². The molecule has 0 radical (unpaired) electrons. The third-order valence-corrected chi connectivity index (χ3v) is 10.5. The van der Waals surface area contributed by atoms with Gasteiger partial charge in [0.2, 0.25) is 0 Å². The van der Waals surface area contributed by atoms with Crippen LogP contribution in [0, 0.1) is 0 Å². The van der Waals surface area contributed by atoms with Crippen LogP contribution in [0.5, 0.6) is 0 Å². The highest BCUT2D eigenvalue weighted by Gasteiger charge is 2.21. The fourth-order valence-electron chi connectivity index (χ4n) is 8.23. The quantitative estimate of drug-likeness (QED) is 0.188. The lowest BCUT2D eigenvalue weighted by atomic mass is 9.99. The molecule has 0 aliphatic carbocycles. The van der Waals surface area contributed by atoms with Gasteiger partial charge in [-0.15, -0.1) is 0 Å². The van der Waals surface area contributed by atoms with E-state index in [2.05, 4.69) is 114 Å². The smallest absolute Gasteiger partial charge is 0.180 e. The van der Waals surface area contributed by atoms with Crippen LogP contribution >= 0.6 is 0 Å². The number of rotatable bonds is 3. The SMILES string of the molecule is c1cc(-c2cccc3c2oc2ccccc23)cc(-c2ncnc3c2oc2ccc(-n4c5ccccc5c5c6oc7ccccc7c6ccc54)cc23)c1. The molecule has 12 rings (SSSR count). The van der Waals surface area contributed by atoms with E-state index >= 15 is 0 Å². The molecule has 0 atom stereocenters. The van der Waals surface area contributed by atoms with E-state index in [-0.39, 0.29) is 0 Å². The number of benzene rings is 7. The van der Waals surface area contributed by atoms with E-state index in [1.54, 1.807) is 6.33 Å². The summed E-state index contributed by atoms with van der Waals surface area (Å²) in [5.41, 5.74) is 12.7. The van der Waals surface area contributed by atoms with Crippen molar-refractivity contribution >= 4 is 87.8 Å². The van der Waals surface area contributed by atoms with E-state index in [9.17, 15) is 0 Å². The van der Waals surface area contributed by atoms with Gasteiger partial charge < -0.3 is 17.8 Å². The van der Waals surface area contributed by atoms with Gasteiger partial charge in [-0.2, -0.15) is 0 Å². The normalized spacial score (nSPS) is 12.2. The fraction of sp³-hybridized carbons (Fsp3) is 0. The largest absolute Gasteiger partial charge is 0.455 e. The van der Waals surface area contributed by atoms with Crippen LogP contribution in [0.3, 0.4) is 0 Å². The Labute approximate surface area is 294 Å². The summed E-state index contributed by atoms with van der Waals surface area (Å²) in [5, 5.41) is 7.61. The van der Waals surface area contributed by atoms with Gasteiger partial charge in [-0.05, 0) is 60.2 Å². The first kappa shape index (κ1) is 27.6. The molecule has 6 heteroatoms. The minimum absolute atomic E-state index is 0.653. The van der Waals surface area contributed by atoms with Crippen molar-refractivity contribution in [2.24, 2.45) is 0 Å². The van der Waals surface area contributed by atoms with E-state index in [0.717, 1.165) is 110 Å². The summed E-state index contributed by atoms with van der Waals surface area (Å²) in [7, 11) is 0. The second kappa shape index (κ2) is 10.2. The van der Waals surface area contributed by atoms with Gasteiger partial charge in [0.05, 0.1) is 16.4 Å². The van der Waals surface area contributed by atoms with E-state index in [1.807, 2.05) is 36.4 Å².